The van der Waals surface area contributed by atoms with Crippen LogP contribution in [0.4, 0.5) is 0 Å². The van der Waals surface area contributed by atoms with Crippen molar-refractivity contribution >= 4 is 20.1 Å². The predicted molar refractivity (Wildman–Crippen MR) is 92.5 cm³/mol. The van der Waals surface area contributed by atoms with Gasteiger partial charge in [0.1, 0.15) is 12.2 Å². The number of unbranched alkanes of at least 4 members (excludes halogenated alkanes) is 2. The highest BCUT2D eigenvalue weighted by atomic mass is 28.4. The summed E-state index contributed by atoms with van der Waals surface area (Å²) in [5.74, 6) is -0.559. The number of methoxy groups -OCH3 is 1. The molecule has 0 amide bonds. The van der Waals surface area contributed by atoms with Crippen LogP contribution in [0.25, 0.3) is 0 Å². The molecule has 0 aliphatic carbocycles. The van der Waals surface area contributed by atoms with Crippen LogP contribution in [0.1, 0.15) is 66.2 Å². The highest BCUT2D eigenvalue weighted by Gasteiger charge is 2.39. The van der Waals surface area contributed by atoms with Crippen molar-refractivity contribution in [1.82, 2.24) is 0 Å². The van der Waals surface area contributed by atoms with Crippen molar-refractivity contribution < 1.29 is 18.8 Å². The van der Waals surface area contributed by atoms with Crippen molar-refractivity contribution in [2.24, 2.45) is 0 Å². The molecular formula is C17H34O4Si. The lowest BCUT2D eigenvalue weighted by molar-refractivity contribution is -0.143. The summed E-state index contributed by atoms with van der Waals surface area (Å²) in [5.41, 5.74) is 0. The van der Waals surface area contributed by atoms with Gasteiger partial charge in [0, 0.05) is 6.42 Å². The number of Topliss-reactive ketones (excluding diaryl/α,β-unsaturated/α-hetero) is 1. The number of rotatable bonds is 10. The van der Waals surface area contributed by atoms with Crippen LogP contribution in [0, 0.1) is 0 Å². The second-order valence-electron chi connectivity index (χ2n) is 7.49. The fourth-order valence-electron chi connectivity index (χ4n) is 1.98. The lowest BCUT2D eigenvalue weighted by Crippen LogP contribution is -2.44. The summed E-state index contributed by atoms with van der Waals surface area (Å²) in [5, 5.41) is 0.113. The number of hydrogen-bond donors (Lipinski definition) is 0. The third-order valence-corrected chi connectivity index (χ3v) is 8.96. The maximum atomic E-state index is 12.0. The molecular weight excluding hydrogens is 296 g/mol. The first-order chi connectivity index (χ1) is 10.0. The SMILES string of the molecule is CCCCC[C@@H](CC(=O)CC(=O)OC)O[Si](C)(C)C(C)(C)C. The van der Waals surface area contributed by atoms with Gasteiger partial charge < -0.3 is 9.16 Å². The number of carbonyl (C=O) groups excluding carboxylic acids is 2. The first-order valence-electron chi connectivity index (χ1n) is 8.29. The van der Waals surface area contributed by atoms with E-state index < -0.39 is 14.3 Å². The molecule has 0 unspecified atom stereocenters. The topological polar surface area (TPSA) is 52.6 Å². The molecule has 4 nitrogen and oxygen atoms in total. The van der Waals surface area contributed by atoms with Gasteiger partial charge in [-0.2, -0.15) is 0 Å². The second kappa shape index (κ2) is 9.45. The summed E-state index contributed by atoms with van der Waals surface area (Å²) in [7, 11) is -0.606. The van der Waals surface area contributed by atoms with Gasteiger partial charge in [-0.3, -0.25) is 9.59 Å². The minimum absolute atomic E-state index is 0.0791. The van der Waals surface area contributed by atoms with E-state index in [4.69, 9.17) is 4.43 Å². The molecule has 0 fully saturated rings. The summed E-state index contributed by atoms with van der Waals surface area (Å²) < 4.78 is 11.0. The van der Waals surface area contributed by atoms with Crippen LogP contribution in [-0.2, 0) is 18.8 Å². The summed E-state index contributed by atoms with van der Waals surface area (Å²) in [6.07, 6.45) is 4.30. The molecule has 0 rings (SSSR count). The lowest BCUT2D eigenvalue weighted by Gasteiger charge is -2.39. The zero-order chi connectivity index (χ0) is 17.4. The molecule has 0 aromatic rings. The molecule has 1 atom stereocenters. The Labute approximate surface area is 137 Å². The van der Waals surface area contributed by atoms with Crippen LogP contribution in [0.5, 0.6) is 0 Å². The molecule has 0 bridgehead atoms. The fraction of sp³-hybridized carbons (Fsp3) is 0.882. The number of hydrogen-bond acceptors (Lipinski definition) is 4. The molecule has 130 valence electrons. The zero-order valence-corrected chi connectivity index (χ0v) is 16.5. The summed E-state index contributed by atoms with van der Waals surface area (Å²) in [4.78, 5) is 23.3. The van der Waals surface area contributed by atoms with Crippen LogP contribution in [0.3, 0.4) is 0 Å². The molecule has 0 saturated heterocycles. The quantitative estimate of drug-likeness (QED) is 0.256. The van der Waals surface area contributed by atoms with E-state index >= 15 is 0 Å². The normalized spacial score (nSPS) is 13.8. The summed E-state index contributed by atoms with van der Waals surface area (Å²) in [6.45, 7) is 13.1. The van der Waals surface area contributed by atoms with Crippen molar-refractivity contribution in [3.8, 4) is 0 Å². The van der Waals surface area contributed by atoms with E-state index in [1.165, 1.54) is 7.11 Å². The molecule has 0 aromatic heterocycles. The number of esters is 1. The number of ether oxygens (including phenoxy) is 1. The monoisotopic (exact) mass is 330 g/mol. The van der Waals surface area contributed by atoms with Gasteiger partial charge in [0.15, 0.2) is 8.32 Å². The third-order valence-electron chi connectivity index (χ3n) is 4.42. The van der Waals surface area contributed by atoms with Crippen LogP contribution in [0.2, 0.25) is 18.1 Å². The second-order valence-corrected chi connectivity index (χ2v) is 12.2. The van der Waals surface area contributed by atoms with E-state index in [2.05, 4.69) is 45.5 Å². The zero-order valence-electron chi connectivity index (χ0n) is 15.5. The highest BCUT2D eigenvalue weighted by Crippen LogP contribution is 2.38. The minimum Gasteiger partial charge on any atom is -0.469 e. The lowest BCUT2D eigenvalue weighted by atomic mass is 10.0. The van der Waals surface area contributed by atoms with Crippen molar-refractivity contribution in [1.29, 1.82) is 0 Å². The van der Waals surface area contributed by atoms with Gasteiger partial charge in [0.2, 0.25) is 0 Å². The van der Waals surface area contributed by atoms with Gasteiger partial charge in [-0.1, -0.05) is 47.0 Å². The number of carbonyl (C=O) groups is 2. The molecule has 0 radical (unpaired) electrons. The standard InChI is InChI=1S/C17H34O4Si/c1-8-9-10-11-15(12-14(18)13-16(19)20-5)21-22(6,7)17(2,3)4/h15H,8-13H2,1-7H3/t15-/m0/s1. The Morgan fingerprint density at radius 3 is 2.18 bits per heavy atom. The van der Waals surface area contributed by atoms with E-state index in [1.807, 2.05) is 0 Å². The van der Waals surface area contributed by atoms with E-state index in [1.54, 1.807) is 0 Å². The van der Waals surface area contributed by atoms with Gasteiger partial charge in [0.25, 0.3) is 0 Å². The van der Waals surface area contributed by atoms with Crippen LogP contribution < -0.4 is 0 Å². The van der Waals surface area contributed by atoms with Gasteiger partial charge >= 0.3 is 5.97 Å². The van der Waals surface area contributed by atoms with E-state index in [-0.39, 0.29) is 23.3 Å². The largest absolute Gasteiger partial charge is 0.469 e. The molecule has 22 heavy (non-hydrogen) atoms. The molecule has 0 N–H and O–H groups in total. The Hall–Kier alpha value is -0.683. The molecule has 0 heterocycles. The Balaban J connectivity index is 4.75. The molecule has 0 aromatic carbocycles. The van der Waals surface area contributed by atoms with Crippen LogP contribution in [0.15, 0.2) is 0 Å². The van der Waals surface area contributed by atoms with Crippen molar-refractivity contribution in [2.75, 3.05) is 7.11 Å². The van der Waals surface area contributed by atoms with Gasteiger partial charge in [0.05, 0.1) is 13.2 Å². The summed E-state index contributed by atoms with van der Waals surface area (Å²) >= 11 is 0. The van der Waals surface area contributed by atoms with E-state index in [0.717, 1.165) is 25.7 Å². The maximum absolute atomic E-state index is 12.0. The van der Waals surface area contributed by atoms with Gasteiger partial charge in [-0.15, -0.1) is 0 Å². The summed E-state index contributed by atoms with van der Waals surface area (Å²) in [6, 6.07) is 0. The first-order valence-corrected chi connectivity index (χ1v) is 11.2. The predicted octanol–water partition coefficient (Wildman–Crippen LogP) is 4.48. The van der Waals surface area contributed by atoms with Crippen molar-refractivity contribution in [3.63, 3.8) is 0 Å². The molecule has 0 aliphatic rings. The third kappa shape index (κ3) is 8.08. The van der Waals surface area contributed by atoms with Gasteiger partial charge in [-0.05, 0) is 24.6 Å². The molecule has 0 saturated carbocycles. The molecule has 0 aliphatic heterocycles. The van der Waals surface area contributed by atoms with Crippen LogP contribution in [-0.4, -0.2) is 33.3 Å². The smallest absolute Gasteiger partial charge is 0.313 e. The average Bonchev–Trinajstić information content (AvgIpc) is 2.36. The molecule has 5 heteroatoms. The average molecular weight is 331 g/mol. The Kier molecular flexibility index (Phi) is 9.16. The number of ketones is 1. The Morgan fingerprint density at radius 2 is 1.73 bits per heavy atom. The highest BCUT2D eigenvalue weighted by molar-refractivity contribution is 6.74. The van der Waals surface area contributed by atoms with Crippen molar-refractivity contribution in [3.05, 3.63) is 0 Å². The first kappa shape index (κ1) is 21.3. The van der Waals surface area contributed by atoms with Gasteiger partial charge in [-0.25, -0.2) is 0 Å². The maximum Gasteiger partial charge on any atom is 0.313 e. The van der Waals surface area contributed by atoms with Crippen molar-refractivity contribution in [2.45, 2.75) is 90.5 Å². The minimum atomic E-state index is -1.91. The Bertz CT molecular complexity index is 358. The molecule has 0 spiro atoms. The fourth-order valence-corrected chi connectivity index (χ4v) is 3.37. The van der Waals surface area contributed by atoms with E-state index in [9.17, 15) is 9.59 Å². The Morgan fingerprint density at radius 1 is 1.14 bits per heavy atom. The van der Waals surface area contributed by atoms with E-state index in [0.29, 0.717) is 6.42 Å². The van der Waals surface area contributed by atoms with Crippen LogP contribution >= 0.6 is 0 Å².